The van der Waals surface area contributed by atoms with E-state index in [0.29, 0.717) is 22.7 Å². The summed E-state index contributed by atoms with van der Waals surface area (Å²) in [5.74, 6) is -0.198. The summed E-state index contributed by atoms with van der Waals surface area (Å²) >= 11 is 0. The lowest BCUT2D eigenvalue weighted by molar-refractivity contribution is -0.140. The Morgan fingerprint density at radius 3 is 2.41 bits per heavy atom. The minimum atomic E-state index is -4.57. The van der Waals surface area contributed by atoms with E-state index in [1.165, 1.54) is 28.8 Å². The molecule has 10 heteroatoms. The molecular formula is C22H15F3N4O3. The number of nitrogens with one attached hydrogen (secondary N) is 1. The number of halogens is 3. The van der Waals surface area contributed by atoms with Gasteiger partial charge in [0.1, 0.15) is 17.1 Å². The summed E-state index contributed by atoms with van der Waals surface area (Å²) < 4.78 is 45.3. The third-order valence-corrected chi connectivity index (χ3v) is 4.48. The topological polar surface area (TPSA) is 98.7 Å². The van der Waals surface area contributed by atoms with Gasteiger partial charge in [-0.25, -0.2) is 4.98 Å². The van der Waals surface area contributed by atoms with Gasteiger partial charge in [0.25, 0.3) is 5.91 Å². The molecule has 0 aliphatic carbocycles. The van der Waals surface area contributed by atoms with E-state index in [-0.39, 0.29) is 11.2 Å². The number of rotatable bonds is 5. The van der Waals surface area contributed by atoms with E-state index >= 15 is 0 Å². The number of aromatic nitrogens is 2. The first-order valence-corrected chi connectivity index (χ1v) is 9.24. The predicted octanol–water partition coefficient (Wildman–Crippen LogP) is 4.50. The first-order valence-electron chi connectivity index (χ1n) is 9.24. The van der Waals surface area contributed by atoms with Crippen LogP contribution in [0.5, 0.6) is 11.5 Å². The number of imidazole rings is 1. The molecule has 162 valence electrons. The van der Waals surface area contributed by atoms with Crippen LogP contribution in [-0.4, -0.2) is 21.2 Å². The Morgan fingerprint density at radius 1 is 0.969 bits per heavy atom. The van der Waals surface area contributed by atoms with Crippen molar-refractivity contribution in [3.05, 3.63) is 89.9 Å². The Hall–Kier alpha value is -4.34. The van der Waals surface area contributed by atoms with E-state index < -0.39 is 23.7 Å². The fraction of sp³-hybridized carbons (Fsp3) is 0.0455. The predicted molar refractivity (Wildman–Crippen MR) is 110 cm³/mol. The van der Waals surface area contributed by atoms with Crippen molar-refractivity contribution in [2.24, 2.45) is 5.73 Å². The highest BCUT2D eigenvalue weighted by molar-refractivity contribution is 6.04. The number of pyridine rings is 1. The number of carbonyl (C=O) groups excluding carboxylic acids is 2. The molecule has 0 spiro atoms. The van der Waals surface area contributed by atoms with Crippen LogP contribution < -0.4 is 15.8 Å². The van der Waals surface area contributed by atoms with Gasteiger partial charge in [-0.15, -0.1) is 0 Å². The first-order chi connectivity index (χ1) is 15.2. The highest BCUT2D eigenvalue weighted by atomic mass is 19.4. The van der Waals surface area contributed by atoms with Gasteiger partial charge >= 0.3 is 6.18 Å². The maximum atomic E-state index is 12.8. The highest BCUT2D eigenvalue weighted by Crippen LogP contribution is 2.29. The van der Waals surface area contributed by atoms with Crippen LogP contribution in [0.3, 0.4) is 0 Å². The monoisotopic (exact) mass is 440 g/mol. The van der Waals surface area contributed by atoms with E-state index in [0.717, 1.165) is 6.20 Å². The van der Waals surface area contributed by atoms with Gasteiger partial charge in [-0.3, -0.25) is 9.59 Å². The third kappa shape index (κ3) is 4.53. The fourth-order valence-electron chi connectivity index (χ4n) is 2.92. The number of fused-ring (bicyclic) bond motifs is 1. The molecule has 2 aromatic carbocycles. The zero-order valence-corrected chi connectivity index (χ0v) is 16.3. The zero-order chi connectivity index (χ0) is 22.9. The molecule has 32 heavy (non-hydrogen) atoms. The Balaban J connectivity index is 1.45. The second-order valence-electron chi connectivity index (χ2n) is 6.78. The molecule has 0 fully saturated rings. The Bertz CT molecular complexity index is 1310. The summed E-state index contributed by atoms with van der Waals surface area (Å²) in [6, 6.07) is 15.5. The van der Waals surface area contributed by atoms with Crippen molar-refractivity contribution in [3.8, 4) is 11.5 Å². The summed E-state index contributed by atoms with van der Waals surface area (Å²) in [5, 5.41) is 2.66. The molecule has 0 atom stereocenters. The number of anilines is 1. The summed E-state index contributed by atoms with van der Waals surface area (Å²) in [6.45, 7) is 0. The van der Waals surface area contributed by atoms with Crippen LogP contribution in [0.15, 0.2) is 73.1 Å². The number of amides is 2. The molecule has 2 amide bonds. The van der Waals surface area contributed by atoms with Crippen LogP contribution >= 0.6 is 0 Å². The average molecular weight is 440 g/mol. The number of benzene rings is 2. The molecule has 2 heterocycles. The van der Waals surface area contributed by atoms with Crippen molar-refractivity contribution in [3.63, 3.8) is 0 Å². The molecule has 3 N–H and O–H groups in total. The van der Waals surface area contributed by atoms with Crippen LogP contribution in [-0.2, 0) is 6.18 Å². The number of primary amides is 1. The average Bonchev–Trinajstić information content (AvgIpc) is 3.19. The molecule has 0 bridgehead atoms. The van der Waals surface area contributed by atoms with E-state index in [2.05, 4.69) is 10.3 Å². The molecule has 0 unspecified atom stereocenters. The minimum Gasteiger partial charge on any atom is -0.457 e. The number of nitrogens with zero attached hydrogens (tertiary/aromatic N) is 2. The molecule has 0 radical (unpaired) electrons. The van der Waals surface area contributed by atoms with Crippen molar-refractivity contribution in [2.45, 2.75) is 6.18 Å². The summed E-state index contributed by atoms with van der Waals surface area (Å²) in [5.41, 5.74) is 5.14. The lowest BCUT2D eigenvalue weighted by Crippen LogP contribution is -2.12. The standard InChI is InChI=1S/C22H15F3N4O3/c23-22(24,25)18-12-29-9-8-14(11-19(29)28-18)21(31)27-15-4-6-16(7-5-15)32-17-3-1-2-13(10-17)20(26)30/h1-12H,(H2,26,30)(H,27,31). The van der Waals surface area contributed by atoms with Gasteiger partial charge in [-0.1, -0.05) is 6.07 Å². The van der Waals surface area contributed by atoms with E-state index in [1.807, 2.05) is 0 Å². The molecule has 4 aromatic rings. The van der Waals surface area contributed by atoms with Crippen LogP contribution in [0.1, 0.15) is 26.4 Å². The summed E-state index contributed by atoms with van der Waals surface area (Å²) in [7, 11) is 0. The van der Waals surface area contributed by atoms with Crippen LogP contribution in [0.2, 0.25) is 0 Å². The molecule has 0 saturated heterocycles. The largest absolute Gasteiger partial charge is 0.457 e. The maximum Gasteiger partial charge on any atom is 0.434 e. The zero-order valence-electron chi connectivity index (χ0n) is 16.3. The SMILES string of the molecule is NC(=O)c1cccc(Oc2ccc(NC(=O)c3ccn4cc(C(F)(F)F)nc4c3)cc2)c1. The fourth-order valence-corrected chi connectivity index (χ4v) is 2.92. The number of hydrogen-bond acceptors (Lipinski definition) is 4. The van der Waals surface area contributed by atoms with Crippen molar-refractivity contribution < 1.29 is 27.5 Å². The first kappa shape index (κ1) is 20.9. The maximum absolute atomic E-state index is 12.8. The van der Waals surface area contributed by atoms with Crippen molar-refractivity contribution in [1.82, 2.24) is 9.38 Å². The van der Waals surface area contributed by atoms with Gasteiger partial charge in [0, 0.05) is 29.2 Å². The van der Waals surface area contributed by atoms with Gasteiger partial charge in [0.05, 0.1) is 0 Å². The van der Waals surface area contributed by atoms with Gasteiger partial charge < -0.3 is 20.2 Å². The summed E-state index contributed by atoms with van der Waals surface area (Å²) in [6.07, 6.45) is -2.38. The third-order valence-electron chi connectivity index (χ3n) is 4.48. The lowest BCUT2D eigenvalue weighted by Gasteiger charge is -2.09. The molecular weight excluding hydrogens is 425 g/mol. The second kappa shape index (κ2) is 8.06. The number of hydrogen-bond donors (Lipinski definition) is 2. The summed E-state index contributed by atoms with van der Waals surface area (Å²) in [4.78, 5) is 27.3. The van der Waals surface area contributed by atoms with Crippen molar-refractivity contribution in [1.29, 1.82) is 0 Å². The lowest BCUT2D eigenvalue weighted by atomic mass is 10.2. The van der Waals surface area contributed by atoms with Crippen molar-refractivity contribution >= 4 is 23.1 Å². The van der Waals surface area contributed by atoms with Crippen LogP contribution in [0.25, 0.3) is 5.65 Å². The van der Waals surface area contributed by atoms with Crippen molar-refractivity contribution in [2.75, 3.05) is 5.32 Å². The molecule has 0 aliphatic heterocycles. The number of alkyl halides is 3. The molecule has 0 saturated carbocycles. The Labute approximate surface area is 179 Å². The quantitative estimate of drug-likeness (QED) is 0.478. The number of carbonyl (C=O) groups is 2. The van der Waals surface area contributed by atoms with E-state index in [1.54, 1.807) is 42.5 Å². The van der Waals surface area contributed by atoms with Gasteiger partial charge in [0.15, 0.2) is 5.69 Å². The van der Waals surface area contributed by atoms with Gasteiger partial charge in [-0.05, 0) is 54.6 Å². The van der Waals surface area contributed by atoms with Crippen LogP contribution in [0, 0.1) is 0 Å². The molecule has 4 rings (SSSR count). The smallest absolute Gasteiger partial charge is 0.434 e. The van der Waals surface area contributed by atoms with Gasteiger partial charge in [0.2, 0.25) is 5.91 Å². The number of nitrogens with two attached hydrogens (primary N) is 1. The number of ether oxygens (including phenoxy) is 1. The van der Waals surface area contributed by atoms with Crippen LogP contribution in [0.4, 0.5) is 18.9 Å². The normalized spacial score (nSPS) is 11.3. The Morgan fingerprint density at radius 2 is 1.72 bits per heavy atom. The van der Waals surface area contributed by atoms with E-state index in [9.17, 15) is 22.8 Å². The second-order valence-corrected chi connectivity index (χ2v) is 6.78. The minimum absolute atomic E-state index is 0.00640. The molecule has 7 nitrogen and oxygen atoms in total. The Kier molecular flexibility index (Phi) is 5.27. The molecule has 2 aromatic heterocycles. The molecule has 0 aliphatic rings. The highest BCUT2D eigenvalue weighted by Gasteiger charge is 2.33. The van der Waals surface area contributed by atoms with E-state index in [4.69, 9.17) is 10.5 Å². The van der Waals surface area contributed by atoms with Gasteiger partial charge in [-0.2, -0.15) is 13.2 Å².